The van der Waals surface area contributed by atoms with E-state index in [2.05, 4.69) is 10.2 Å². The smallest absolute Gasteiger partial charge is 0.237 e. The zero-order valence-corrected chi connectivity index (χ0v) is 8.62. The molecule has 0 aliphatic carbocycles. The topological polar surface area (TPSA) is 56.1 Å². The van der Waals surface area contributed by atoms with Crippen molar-refractivity contribution in [1.29, 1.82) is 5.26 Å². The normalized spacial score (nSPS) is 18.9. The van der Waals surface area contributed by atoms with E-state index >= 15 is 0 Å². The van der Waals surface area contributed by atoms with Crippen molar-refractivity contribution in [3.63, 3.8) is 0 Å². The van der Waals surface area contributed by atoms with Crippen molar-refractivity contribution in [2.45, 2.75) is 19.8 Å². The molecule has 0 aromatic rings. The maximum Gasteiger partial charge on any atom is 0.237 e. The fourth-order valence-electron chi connectivity index (χ4n) is 1.56. The highest BCUT2D eigenvalue weighted by atomic mass is 16.1. The van der Waals surface area contributed by atoms with Crippen molar-refractivity contribution in [3.8, 4) is 6.07 Å². The van der Waals surface area contributed by atoms with Crippen LogP contribution in [0.15, 0.2) is 0 Å². The number of carbonyl (C=O) groups excluding carboxylic acids is 1. The Labute approximate surface area is 84.9 Å². The van der Waals surface area contributed by atoms with Gasteiger partial charge in [0, 0.05) is 13.1 Å². The number of nitrogens with zero attached hydrogens (tertiary/aromatic N) is 2. The molecule has 0 saturated carbocycles. The Kier molecular flexibility index (Phi) is 4.41. The Bertz CT molecular complexity index is 228. The van der Waals surface area contributed by atoms with Crippen molar-refractivity contribution < 1.29 is 4.79 Å². The molecule has 1 saturated heterocycles. The van der Waals surface area contributed by atoms with Crippen LogP contribution in [0.2, 0.25) is 0 Å². The Balaban J connectivity index is 2.09. The molecule has 4 heteroatoms. The van der Waals surface area contributed by atoms with E-state index in [4.69, 9.17) is 5.26 Å². The number of rotatable bonds is 4. The maximum atomic E-state index is 11.2. The van der Waals surface area contributed by atoms with Crippen LogP contribution in [0.25, 0.3) is 0 Å². The predicted molar refractivity (Wildman–Crippen MR) is 53.5 cm³/mol. The first-order chi connectivity index (χ1) is 6.74. The summed E-state index contributed by atoms with van der Waals surface area (Å²) in [5.41, 5.74) is 0. The van der Waals surface area contributed by atoms with Crippen LogP contribution in [-0.4, -0.2) is 37.0 Å². The molecule has 0 aromatic carbocycles. The highest BCUT2D eigenvalue weighted by molar-refractivity contribution is 5.80. The molecule has 1 aliphatic rings. The number of likely N-dealkylation sites (tertiary alicyclic amines) is 1. The molecule has 1 heterocycles. The SMILES string of the molecule is CC(C#N)C(=O)NCCN1CCCC1. The van der Waals surface area contributed by atoms with Gasteiger partial charge in [-0.05, 0) is 32.9 Å². The number of nitrogens with one attached hydrogen (secondary N) is 1. The Morgan fingerprint density at radius 2 is 2.21 bits per heavy atom. The van der Waals surface area contributed by atoms with Gasteiger partial charge in [0.15, 0.2) is 0 Å². The lowest BCUT2D eigenvalue weighted by molar-refractivity contribution is -0.122. The van der Waals surface area contributed by atoms with Gasteiger partial charge in [-0.3, -0.25) is 4.79 Å². The molecule has 0 radical (unpaired) electrons. The van der Waals surface area contributed by atoms with Gasteiger partial charge in [-0.1, -0.05) is 0 Å². The van der Waals surface area contributed by atoms with E-state index in [-0.39, 0.29) is 5.91 Å². The van der Waals surface area contributed by atoms with Gasteiger partial charge in [-0.15, -0.1) is 0 Å². The minimum Gasteiger partial charge on any atom is -0.354 e. The third-order valence-corrected chi connectivity index (χ3v) is 2.51. The van der Waals surface area contributed by atoms with Crippen molar-refractivity contribution in [2.75, 3.05) is 26.2 Å². The molecule has 78 valence electrons. The van der Waals surface area contributed by atoms with Crippen LogP contribution < -0.4 is 5.32 Å². The summed E-state index contributed by atoms with van der Waals surface area (Å²) in [6.45, 7) is 5.47. The van der Waals surface area contributed by atoms with Gasteiger partial charge < -0.3 is 10.2 Å². The molecular formula is C10H17N3O. The average Bonchev–Trinajstić information content (AvgIpc) is 2.69. The first-order valence-corrected chi connectivity index (χ1v) is 5.13. The number of hydrogen-bond acceptors (Lipinski definition) is 3. The van der Waals surface area contributed by atoms with Crippen molar-refractivity contribution in [3.05, 3.63) is 0 Å². The van der Waals surface area contributed by atoms with Crippen LogP contribution in [0.4, 0.5) is 0 Å². The quantitative estimate of drug-likeness (QED) is 0.704. The van der Waals surface area contributed by atoms with E-state index in [1.807, 2.05) is 6.07 Å². The van der Waals surface area contributed by atoms with E-state index in [0.29, 0.717) is 6.54 Å². The third-order valence-electron chi connectivity index (χ3n) is 2.51. The molecule has 4 nitrogen and oxygen atoms in total. The second kappa shape index (κ2) is 5.61. The molecule has 1 fully saturated rings. The summed E-state index contributed by atoms with van der Waals surface area (Å²) in [5.74, 6) is -0.694. The highest BCUT2D eigenvalue weighted by Crippen LogP contribution is 2.05. The average molecular weight is 195 g/mol. The molecule has 0 spiro atoms. The van der Waals surface area contributed by atoms with Gasteiger partial charge in [0.2, 0.25) is 5.91 Å². The number of carbonyl (C=O) groups is 1. The Morgan fingerprint density at radius 1 is 1.57 bits per heavy atom. The van der Waals surface area contributed by atoms with Crippen molar-refractivity contribution in [1.82, 2.24) is 10.2 Å². The van der Waals surface area contributed by atoms with E-state index in [1.54, 1.807) is 6.92 Å². The molecule has 1 unspecified atom stereocenters. The van der Waals surface area contributed by atoms with Gasteiger partial charge >= 0.3 is 0 Å². The molecule has 14 heavy (non-hydrogen) atoms. The molecule has 1 atom stereocenters. The van der Waals surface area contributed by atoms with Gasteiger partial charge in [-0.2, -0.15) is 5.26 Å². The number of amides is 1. The lowest BCUT2D eigenvalue weighted by atomic mass is 10.2. The van der Waals surface area contributed by atoms with Crippen LogP contribution in [0.3, 0.4) is 0 Å². The minimum absolute atomic E-state index is 0.160. The lowest BCUT2D eigenvalue weighted by Crippen LogP contribution is -2.35. The van der Waals surface area contributed by atoms with Crippen molar-refractivity contribution >= 4 is 5.91 Å². The monoisotopic (exact) mass is 195 g/mol. The molecule has 1 rings (SSSR count). The van der Waals surface area contributed by atoms with E-state index in [0.717, 1.165) is 19.6 Å². The van der Waals surface area contributed by atoms with Crippen molar-refractivity contribution in [2.24, 2.45) is 5.92 Å². The Morgan fingerprint density at radius 3 is 2.79 bits per heavy atom. The van der Waals surface area contributed by atoms with E-state index in [1.165, 1.54) is 12.8 Å². The summed E-state index contributed by atoms with van der Waals surface area (Å²) in [7, 11) is 0. The van der Waals surface area contributed by atoms with Gasteiger partial charge in [0.1, 0.15) is 5.92 Å². The van der Waals surface area contributed by atoms with Crippen LogP contribution in [-0.2, 0) is 4.79 Å². The lowest BCUT2D eigenvalue weighted by Gasteiger charge is -2.14. The fraction of sp³-hybridized carbons (Fsp3) is 0.800. The van der Waals surface area contributed by atoms with Gasteiger partial charge in [-0.25, -0.2) is 0 Å². The summed E-state index contributed by atoms with van der Waals surface area (Å²) < 4.78 is 0. The maximum absolute atomic E-state index is 11.2. The fourth-order valence-corrected chi connectivity index (χ4v) is 1.56. The first kappa shape index (κ1) is 11.0. The minimum atomic E-state index is -0.534. The standard InChI is InChI=1S/C10H17N3O/c1-9(8-11)10(14)12-4-7-13-5-2-3-6-13/h9H,2-7H2,1H3,(H,12,14). The zero-order valence-electron chi connectivity index (χ0n) is 8.62. The van der Waals surface area contributed by atoms with Crippen LogP contribution in [0.1, 0.15) is 19.8 Å². The summed E-state index contributed by atoms with van der Waals surface area (Å²) in [6.07, 6.45) is 2.53. The van der Waals surface area contributed by atoms with Gasteiger partial charge in [0.05, 0.1) is 6.07 Å². The van der Waals surface area contributed by atoms with E-state index < -0.39 is 5.92 Å². The summed E-state index contributed by atoms with van der Waals surface area (Å²) in [5, 5.41) is 11.3. The van der Waals surface area contributed by atoms with Crippen LogP contribution in [0, 0.1) is 17.2 Å². The van der Waals surface area contributed by atoms with E-state index in [9.17, 15) is 4.79 Å². The molecular weight excluding hydrogens is 178 g/mol. The highest BCUT2D eigenvalue weighted by Gasteiger charge is 2.13. The Hall–Kier alpha value is -1.08. The van der Waals surface area contributed by atoms with Gasteiger partial charge in [0.25, 0.3) is 0 Å². The molecule has 1 aliphatic heterocycles. The summed E-state index contributed by atoms with van der Waals surface area (Å²) >= 11 is 0. The molecule has 1 amide bonds. The second-order valence-corrected chi connectivity index (χ2v) is 3.69. The summed E-state index contributed by atoms with van der Waals surface area (Å²) in [6, 6.07) is 1.92. The number of hydrogen-bond donors (Lipinski definition) is 1. The molecule has 0 bridgehead atoms. The molecule has 0 aromatic heterocycles. The third kappa shape index (κ3) is 3.35. The van der Waals surface area contributed by atoms with Crippen LogP contribution in [0.5, 0.6) is 0 Å². The zero-order chi connectivity index (χ0) is 10.4. The predicted octanol–water partition coefficient (Wildman–Crippen LogP) is 0.358. The first-order valence-electron chi connectivity index (χ1n) is 5.13. The largest absolute Gasteiger partial charge is 0.354 e. The summed E-state index contributed by atoms with van der Waals surface area (Å²) in [4.78, 5) is 13.5. The van der Waals surface area contributed by atoms with Crippen LogP contribution >= 0.6 is 0 Å². The number of nitriles is 1. The molecule has 1 N–H and O–H groups in total. The second-order valence-electron chi connectivity index (χ2n) is 3.69.